The summed E-state index contributed by atoms with van der Waals surface area (Å²) in [7, 11) is 0. The summed E-state index contributed by atoms with van der Waals surface area (Å²) in [6.45, 7) is 3.77. The van der Waals surface area contributed by atoms with Gasteiger partial charge in [-0.3, -0.25) is 0 Å². The summed E-state index contributed by atoms with van der Waals surface area (Å²) in [4.78, 5) is 15.1. The van der Waals surface area contributed by atoms with Crippen LogP contribution in [-0.4, -0.2) is 38.4 Å². The Kier molecular flexibility index (Phi) is 9.05. The highest BCUT2D eigenvalue weighted by Gasteiger charge is 2.39. The molecule has 0 spiro atoms. The molecule has 2 N–H and O–H groups in total. The van der Waals surface area contributed by atoms with Gasteiger partial charge in [0.05, 0.1) is 6.10 Å². The number of nitrogens with zero attached hydrogens (tertiary/aromatic N) is 1. The van der Waals surface area contributed by atoms with Crippen molar-refractivity contribution >= 4 is 58.3 Å². The Bertz CT molecular complexity index is 947. The first-order valence-electron chi connectivity index (χ1n) is 10.1. The molecule has 166 valence electrons. The molecule has 1 fully saturated rings. The number of aliphatic hydroxyl groups excluding tert-OH is 1. The summed E-state index contributed by atoms with van der Waals surface area (Å²) in [5, 5.41) is 21.7. The fraction of sp³-hybridized carbons (Fsp3) is 0.391. The van der Waals surface area contributed by atoms with Gasteiger partial charge in [0.15, 0.2) is 10.0 Å². The zero-order chi connectivity index (χ0) is 22.4. The molecule has 0 saturated heterocycles. The molecular formula is C23H25Cl2NO3S2. The fourth-order valence-corrected chi connectivity index (χ4v) is 6.50. The SMILES string of the molecule is C=CCCc1cc(Cl)cc(C=C[C@@H]2[C@@H](CCSc3nc(C(=O)O)cs3)[C@H](Cl)C[C@H]2O)c1. The van der Waals surface area contributed by atoms with Crippen LogP contribution in [0.2, 0.25) is 5.02 Å². The van der Waals surface area contributed by atoms with Gasteiger partial charge >= 0.3 is 5.97 Å². The van der Waals surface area contributed by atoms with Crippen molar-refractivity contribution in [1.82, 2.24) is 4.98 Å². The van der Waals surface area contributed by atoms with Crippen molar-refractivity contribution < 1.29 is 15.0 Å². The quantitative estimate of drug-likeness (QED) is 0.225. The number of carbonyl (C=O) groups is 1. The van der Waals surface area contributed by atoms with Gasteiger partial charge in [-0.2, -0.15) is 0 Å². The van der Waals surface area contributed by atoms with Crippen molar-refractivity contribution in [3.8, 4) is 0 Å². The Morgan fingerprint density at radius 3 is 2.90 bits per heavy atom. The van der Waals surface area contributed by atoms with Crippen LogP contribution in [0.3, 0.4) is 0 Å². The lowest BCUT2D eigenvalue weighted by atomic mass is 9.91. The maximum absolute atomic E-state index is 11.0. The lowest BCUT2D eigenvalue weighted by molar-refractivity contribution is 0.0691. The molecule has 1 aliphatic carbocycles. The Balaban J connectivity index is 1.64. The number of halogens is 2. The summed E-state index contributed by atoms with van der Waals surface area (Å²) >= 11 is 15.7. The number of aryl methyl sites for hydroxylation is 1. The molecule has 0 unspecified atom stereocenters. The molecule has 1 saturated carbocycles. The van der Waals surface area contributed by atoms with Gasteiger partial charge in [-0.25, -0.2) is 9.78 Å². The highest BCUT2D eigenvalue weighted by atomic mass is 35.5. The molecule has 0 amide bonds. The fourth-order valence-electron chi connectivity index (χ4n) is 3.84. The summed E-state index contributed by atoms with van der Waals surface area (Å²) in [5.41, 5.74) is 2.24. The number of carboxylic acid groups (broad SMARTS) is 1. The summed E-state index contributed by atoms with van der Waals surface area (Å²) < 4.78 is 0.736. The van der Waals surface area contributed by atoms with Crippen molar-refractivity contribution in [2.24, 2.45) is 11.8 Å². The monoisotopic (exact) mass is 497 g/mol. The molecule has 0 radical (unpaired) electrons. The van der Waals surface area contributed by atoms with Crippen LogP contribution in [-0.2, 0) is 6.42 Å². The number of rotatable bonds is 10. The second-order valence-corrected chi connectivity index (χ2v) is 10.8. The van der Waals surface area contributed by atoms with Gasteiger partial charge < -0.3 is 10.2 Å². The van der Waals surface area contributed by atoms with E-state index in [1.165, 1.54) is 23.1 Å². The molecule has 2 aromatic rings. The van der Waals surface area contributed by atoms with Crippen molar-refractivity contribution in [1.29, 1.82) is 0 Å². The highest BCUT2D eigenvalue weighted by molar-refractivity contribution is 8.01. The minimum absolute atomic E-state index is 0.0374. The van der Waals surface area contributed by atoms with Gasteiger partial charge in [-0.15, -0.1) is 29.5 Å². The van der Waals surface area contributed by atoms with Gasteiger partial charge in [0.25, 0.3) is 0 Å². The lowest BCUT2D eigenvalue weighted by Gasteiger charge is -2.20. The summed E-state index contributed by atoms with van der Waals surface area (Å²) in [6, 6.07) is 6.00. The van der Waals surface area contributed by atoms with E-state index in [9.17, 15) is 9.90 Å². The smallest absolute Gasteiger partial charge is 0.355 e. The van der Waals surface area contributed by atoms with E-state index in [4.69, 9.17) is 28.3 Å². The van der Waals surface area contributed by atoms with E-state index in [2.05, 4.69) is 23.7 Å². The maximum Gasteiger partial charge on any atom is 0.355 e. The molecule has 31 heavy (non-hydrogen) atoms. The number of alkyl halides is 1. The van der Waals surface area contributed by atoms with Crippen LogP contribution in [0.15, 0.2) is 46.6 Å². The largest absolute Gasteiger partial charge is 0.476 e. The minimum atomic E-state index is -1.01. The average Bonchev–Trinajstić information content (AvgIpc) is 3.29. The molecule has 1 aromatic carbocycles. The van der Waals surface area contributed by atoms with Crippen LogP contribution in [0, 0.1) is 11.8 Å². The molecule has 0 aliphatic heterocycles. The van der Waals surface area contributed by atoms with Crippen LogP contribution in [0.4, 0.5) is 0 Å². The van der Waals surface area contributed by atoms with E-state index in [-0.39, 0.29) is 22.9 Å². The number of hydrogen-bond donors (Lipinski definition) is 2. The van der Waals surface area contributed by atoms with E-state index < -0.39 is 12.1 Å². The third-order valence-corrected chi connectivity index (χ3v) is 8.15. The van der Waals surface area contributed by atoms with Crippen molar-refractivity contribution in [3.05, 3.63) is 64.2 Å². The van der Waals surface area contributed by atoms with Crippen molar-refractivity contribution in [3.63, 3.8) is 0 Å². The molecule has 1 aliphatic rings. The lowest BCUT2D eigenvalue weighted by Crippen LogP contribution is -2.19. The Morgan fingerprint density at radius 1 is 1.39 bits per heavy atom. The van der Waals surface area contributed by atoms with E-state index in [0.717, 1.165) is 40.5 Å². The second kappa shape index (κ2) is 11.5. The van der Waals surface area contributed by atoms with Crippen LogP contribution in [0.5, 0.6) is 0 Å². The third-order valence-electron chi connectivity index (χ3n) is 5.38. The molecule has 3 rings (SSSR count). The van der Waals surface area contributed by atoms with Gasteiger partial charge in [0.2, 0.25) is 0 Å². The van der Waals surface area contributed by atoms with Gasteiger partial charge in [0.1, 0.15) is 0 Å². The first-order chi connectivity index (χ1) is 14.9. The average molecular weight is 498 g/mol. The normalized spacial score (nSPS) is 23.5. The number of thiazole rings is 1. The van der Waals surface area contributed by atoms with E-state index >= 15 is 0 Å². The minimum Gasteiger partial charge on any atom is -0.476 e. The molecule has 4 atom stereocenters. The van der Waals surface area contributed by atoms with Gasteiger partial charge in [0, 0.05) is 27.5 Å². The van der Waals surface area contributed by atoms with E-state index in [1.807, 2.05) is 24.3 Å². The predicted octanol–water partition coefficient (Wildman–Crippen LogP) is 6.41. The topological polar surface area (TPSA) is 70.4 Å². The number of hydrogen-bond acceptors (Lipinski definition) is 5. The Labute approximate surface area is 201 Å². The number of benzene rings is 1. The van der Waals surface area contributed by atoms with Gasteiger partial charge in [-0.1, -0.05) is 47.7 Å². The van der Waals surface area contributed by atoms with E-state index in [1.54, 1.807) is 5.38 Å². The summed E-state index contributed by atoms with van der Waals surface area (Å²) in [5.74, 6) is -0.148. The molecule has 0 bridgehead atoms. The molecule has 4 nitrogen and oxygen atoms in total. The Hall–Kier alpha value is -1.31. The zero-order valence-corrected chi connectivity index (χ0v) is 20.1. The van der Waals surface area contributed by atoms with Crippen LogP contribution >= 0.6 is 46.3 Å². The van der Waals surface area contributed by atoms with Crippen LogP contribution in [0.1, 0.15) is 40.9 Å². The number of aromatic nitrogens is 1. The first-order valence-corrected chi connectivity index (χ1v) is 12.8. The molecular weight excluding hydrogens is 473 g/mol. The van der Waals surface area contributed by atoms with Crippen molar-refractivity contribution in [2.75, 3.05) is 5.75 Å². The third kappa shape index (κ3) is 6.83. The Morgan fingerprint density at radius 2 is 2.19 bits per heavy atom. The number of aromatic carboxylic acids is 1. The van der Waals surface area contributed by atoms with Gasteiger partial charge in [-0.05, 0) is 54.9 Å². The number of allylic oxidation sites excluding steroid dienone is 1. The number of thioether (sulfide) groups is 1. The molecule has 1 heterocycles. The first kappa shape index (κ1) is 24.3. The van der Waals surface area contributed by atoms with Crippen LogP contribution < -0.4 is 0 Å². The maximum atomic E-state index is 11.0. The number of carboxylic acids is 1. The van der Waals surface area contributed by atoms with E-state index in [0.29, 0.717) is 11.4 Å². The van der Waals surface area contributed by atoms with Crippen molar-refractivity contribution in [2.45, 2.75) is 41.5 Å². The van der Waals surface area contributed by atoms with Crippen LogP contribution in [0.25, 0.3) is 6.08 Å². The molecule has 1 aromatic heterocycles. The summed E-state index contributed by atoms with van der Waals surface area (Å²) in [6.07, 6.45) is 8.64. The zero-order valence-electron chi connectivity index (χ0n) is 16.9. The standard InChI is InChI=1S/C23H25Cl2NO3S2/c1-2-3-4-14-9-15(11-16(24)10-14)5-6-18-17(19(25)12-21(18)27)7-8-30-23-26-20(13-31-23)22(28)29/h2,5-6,9-11,13,17-19,21,27H,1,3-4,7-8,12H2,(H,28,29)/t17-,18-,19-,21-/m1/s1. The second-order valence-electron chi connectivity index (χ2n) is 7.58. The predicted molar refractivity (Wildman–Crippen MR) is 131 cm³/mol. The number of aliphatic hydroxyl groups is 1. The molecule has 8 heteroatoms. The highest BCUT2D eigenvalue weighted by Crippen LogP contribution is 2.40.